The van der Waals surface area contributed by atoms with Crippen molar-refractivity contribution in [1.82, 2.24) is 14.7 Å². The van der Waals surface area contributed by atoms with Crippen molar-refractivity contribution in [3.05, 3.63) is 87.7 Å². The maximum absolute atomic E-state index is 6.46. The standard InChI is InChI=1S/C24H29Cl2N3O/c1-24(23-13-15-27-29(23)3,20-7-11-22(26)12-8-20)30-18-4-16-28(2)17-14-19-5-9-21(25)10-6-19/h5-13,15H,4,14,16-18H2,1-3H3. The first-order valence-corrected chi connectivity index (χ1v) is 11.0. The molecule has 0 amide bonds. The van der Waals surface area contributed by atoms with Crippen LogP contribution in [0.2, 0.25) is 10.0 Å². The highest BCUT2D eigenvalue weighted by Crippen LogP contribution is 2.33. The molecule has 6 heteroatoms. The second kappa shape index (κ2) is 10.5. The van der Waals surface area contributed by atoms with E-state index in [1.807, 2.05) is 54.2 Å². The van der Waals surface area contributed by atoms with Gasteiger partial charge in [-0.25, -0.2) is 0 Å². The summed E-state index contributed by atoms with van der Waals surface area (Å²) < 4.78 is 8.33. The van der Waals surface area contributed by atoms with Crippen LogP contribution < -0.4 is 0 Å². The molecule has 0 aliphatic rings. The van der Waals surface area contributed by atoms with E-state index in [-0.39, 0.29) is 0 Å². The fourth-order valence-electron chi connectivity index (χ4n) is 3.61. The van der Waals surface area contributed by atoms with E-state index in [4.69, 9.17) is 27.9 Å². The van der Waals surface area contributed by atoms with E-state index in [0.29, 0.717) is 11.6 Å². The van der Waals surface area contributed by atoms with Crippen molar-refractivity contribution in [2.75, 3.05) is 26.7 Å². The molecule has 1 heterocycles. The molecular weight excluding hydrogens is 417 g/mol. The van der Waals surface area contributed by atoms with Gasteiger partial charge in [0.05, 0.1) is 5.69 Å². The van der Waals surface area contributed by atoms with E-state index < -0.39 is 5.60 Å². The van der Waals surface area contributed by atoms with E-state index in [1.54, 1.807) is 6.20 Å². The first kappa shape index (κ1) is 22.8. The fourth-order valence-corrected chi connectivity index (χ4v) is 3.86. The third-order valence-electron chi connectivity index (χ3n) is 5.48. The van der Waals surface area contributed by atoms with Crippen molar-refractivity contribution in [2.45, 2.75) is 25.4 Å². The van der Waals surface area contributed by atoms with E-state index in [9.17, 15) is 0 Å². The molecular formula is C24H29Cl2N3O. The summed E-state index contributed by atoms with van der Waals surface area (Å²) in [5, 5.41) is 5.83. The third kappa shape index (κ3) is 5.86. The van der Waals surface area contributed by atoms with Crippen LogP contribution in [-0.2, 0) is 23.8 Å². The van der Waals surface area contributed by atoms with Crippen molar-refractivity contribution in [3.63, 3.8) is 0 Å². The Labute approximate surface area is 189 Å². The van der Waals surface area contributed by atoms with Gasteiger partial charge >= 0.3 is 0 Å². The highest BCUT2D eigenvalue weighted by molar-refractivity contribution is 6.30. The highest BCUT2D eigenvalue weighted by Gasteiger charge is 2.32. The maximum atomic E-state index is 6.46. The lowest BCUT2D eigenvalue weighted by Gasteiger charge is -2.31. The molecule has 4 nitrogen and oxygen atoms in total. The summed E-state index contributed by atoms with van der Waals surface area (Å²) in [6.07, 6.45) is 3.75. The van der Waals surface area contributed by atoms with Crippen LogP contribution in [-0.4, -0.2) is 41.4 Å². The molecule has 1 unspecified atom stereocenters. The molecule has 0 saturated carbocycles. The molecule has 0 spiro atoms. The molecule has 0 radical (unpaired) electrons. The van der Waals surface area contributed by atoms with Crippen molar-refractivity contribution in [3.8, 4) is 0 Å². The highest BCUT2D eigenvalue weighted by atomic mass is 35.5. The largest absolute Gasteiger partial charge is 0.364 e. The first-order chi connectivity index (χ1) is 14.4. The van der Waals surface area contributed by atoms with Gasteiger partial charge in [-0.1, -0.05) is 47.5 Å². The third-order valence-corrected chi connectivity index (χ3v) is 5.98. The van der Waals surface area contributed by atoms with Crippen molar-refractivity contribution in [2.24, 2.45) is 7.05 Å². The predicted molar refractivity (Wildman–Crippen MR) is 124 cm³/mol. The van der Waals surface area contributed by atoms with E-state index in [1.165, 1.54) is 5.56 Å². The van der Waals surface area contributed by atoms with Crippen LogP contribution in [0.1, 0.15) is 30.2 Å². The molecule has 1 atom stereocenters. The number of ether oxygens (including phenoxy) is 1. The molecule has 0 fully saturated rings. The zero-order chi connectivity index (χ0) is 21.6. The van der Waals surface area contributed by atoms with Crippen LogP contribution in [0.5, 0.6) is 0 Å². The average molecular weight is 446 g/mol. The van der Waals surface area contributed by atoms with Crippen LogP contribution in [0.4, 0.5) is 0 Å². The van der Waals surface area contributed by atoms with Gasteiger partial charge < -0.3 is 9.64 Å². The second-order valence-electron chi connectivity index (χ2n) is 7.76. The lowest BCUT2D eigenvalue weighted by molar-refractivity contribution is -0.0131. The molecule has 30 heavy (non-hydrogen) atoms. The Morgan fingerprint density at radius 2 is 1.60 bits per heavy atom. The topological polar surface area (TPSA) is 30.3 Å². The molecule has 1 aromatic heterocycles. The summed E-state index contributed by atoms with van der Waals surface area (Å²) >= 11 is 12.0. The van der Waals surface area contributed by atoms with E-state index >= 15 is 0 Å². The first-order valence-electron chi connectivity index (χ1n) is 10.2. The number of nitrogens with zero attached hydrogens (tertiary/aromatic N) is 3. The number of halogens is 2. The summed E-state index contributed by atoms with van der Waals surface area (Å²) in [4.78, 5) is 2.33. The second-order valence-corrected chi connectivity index (χ2v) is 8.63. The number of hydrogen-bond acceptors (Lipinski definition) is 3. The van der Waals surface area contributed by atoms with Gasteiger partial charge in [-0.05, 0) is 68.3 Å². The Kier molecular flexibility index (Phi) is 7.95. The monoisotopic (exact) mass is 445 g/mol. The molecule has 2 aromatic carbocycles. The van der Waals surface area contributed by atoms with Gasteiger partial charge in [0.25, 0.3) is 0 Å². The summed E-state index contributed by atoms with van der Waals surface area (Å²) in [5.74, 6) is 0. The Morgan fingerprint density at radius 1 is 0.967 bits per heavy atom. The Bertz CT molecular complexity index is 924. The zero-order valence-corrected chi connectivity index (χ0v) is 19.3. The summed E-state index contributed by atoms with van der Waals surface area (Å²) in [6, 6.07) is 17.9. The van der Waals surface area contributed by atoms with Gasteiger partial charge in [0, 0.05) is 43.0 Å². The minimum Gasteiger partial charge on any atom is -0.364 e. The number of likely N-dealkylation sites (N-methyl/N-ethyl adjacent to an activating group) is 1. The summed E-state index contributed by atoms with van der Waals surface area (Å²) in [6.45, 7) is 4.71. The molecule has 0 aliphatic heterocycles. The molecule has 3 aromatic rings. The quantitative estimate of drug-likeness (QED) is 0.382. The minimum absolute atomic E-state index is 0.586. The number of hydrogen-bond donors (Lipinski definition) is 0. The molecule has 160 valence electrons. The molecule has 3 rings (SSSR count). The molecule has 0 bridgehead atoms. The van der Waals surface area contributed by atoms with Crippen molar-refractivity contribution in [1.29, 1.82) is 0 Å². The molecule has 0 aliphatic carbocycles. The van der Waals surface area contributed by atoms with Crippen molar-refractivity contribution >= 4 is 23.2 Å². The number of aryl methyl sites for hydroxylation is 1. The Balaban J connectivity index is 1.55. The van der Waals surface area contributed by atoms with Crippen LogP contribution in [0, 0.1) is 0 Å². The van der Waals surface area contributed by atoms with Crippen LogP contribution in [0.15, 0.2) is 60.8 Å². The number of benzene rings is 2. The van der Waals surface area contributed by atoms with E-state index in [0.717, 1.165) is 42.2 Å². The lowest BCUT2D eigenvalue weighted by atomic mass is 9.92. The molecule has 0 saturated heterocycles. The van der Waals surface area contributed by atoms with Gasteiger partial charge in [0.15, 0.2) is 0 Å². The number of aromatic nitrogens is 2. The van der Waals surface area contributed by atoms with Crippen LogP contribution in [0.25, 0.3) is 0 Å². The fraction of sp³-hybridized carbons (Fsp3) is 0.375. The minimum atomic E-state index is -0.586. The number of rotatable bonds is 10. The van der Waals surface area contributed by atoms with Gasteiger partial charge in [0.2, 0.25) is 0 Å². The van der Waals surface area contributed by atoms with Crippen molar-refractivity contribution < 1.29 is 4.74 Å². The normalized spacial score (nSPS) is 13.5. The maximum Gasteiger partial charge on any atom is 0.132 e. The van der Waals surface area contributed by atoms with E-state index in [2.05, 4.69) is 36.1 Å². The Hall–Kier alpha value is -1.85. The van der Waals surface area contributed by atoms with Gasteiger partial charge in [-0.15, -0.1) is 0 Å². The molecule has 0 N–H and O–H groups in total. The van der Waals surface area contributed by atoms with Crippen LogP contribution >= 0.6 is 23.2 Å². The summed E-state index contributed by atoms with van der Waals surface area (Å²) in [7, 11) is 4.09. The van der Waals surface area contributed by atoms with Gasteiger partial charge in [0.1, 0.15) is 5.60 Å². The predicted octanol–water partition coefficient (Wildman–Crippen LogP) is 5.57. The average Bonchev–Trinajstić information content (AvgIpc) is 3.17. The zero-order valence-electron chi connectivity index (χ0n) is 17.8. The SMILES string of the molecule is CN(CCCOC(C)(c1ccc(Cl)cc1)c1ccnn1C)CCc1ccc(Cl)cc1. The smallest absolute Gasteiger partial charge is 0.132 e. The van der Waals surface area contributed by atoms with Gasteiger partial charge in [-0.3, -0.25) is 4.68 Å². The van der Waals surface area contributed by atoms with Gasteiger partial charge in [-0.2, -0.15) is 5.10 Å². The Morgan fingerprint density at radius 3 is 2.20 bits per heavy atom. The van der Waals surface area contributed by atoms with Crippen LogP contribution in [0.3, 0.4) is 0 Å². The summed E-state index contributed by atoms with van der Waals surface area (Å²) in [5.41, 5.74) is 2.79. The lowest BCUT2D eigenvalue weighted by Crippen LogP contribution is -2.32.